The summed E-state index contributed by atoms with van der Waals surface area (Å²) in [6.45, 7) is 2.18. The molecule has 2 aromatic rings. The smallest absolute Gasteiger partial charge is 0.231 e. The lowest BCUT2D eigenvalue weighted by atomic mass is 10.1. The third kappa shape index (κ3) is 3.99. The number of hydrogen-bond acceptors (Lipinski definition) is 5. The summed E-state index contributed by atoms with van der Waals surface area (Å²) in [6, 6.07) is 12.3. The molecule has 0 spiro atoms. The summed E-state index contributed by atoms with van der Waals surface area (Å²) in [4.78, 5) is 11.2. The van der Waals surface area contributed by atoms with E-state index in [0.717, 1.165) is 23.6 Å². The van der Waals surface area contributed by atoms with E-state index in [1.165, 1.54) is 12.8 Å². The van der Waals surface area contributed by atoms with Crippen molar-refractivity contribution in [3.8, 4) is 0 Å². The molecule has 0 saturated heterocycles. The molecule has 0 aliphatic heterocycles. The van der Waals surface area contributed by atoms with Crippen LogP contribution in [0.4, 0.5) is 17.5 Å². The van der Waals surface area contributed by atoms with Gasteiger partial charge >= 0.3 is 0 Å². The zero-order valence-electron chi connectivity index (χ0n) is 13.7. The molecular weight excluding hydrogens is 288 g/mol. The molecule has 3 rings (SSSR count). The summed E-state index contributed by atoms with van der Waals surface area (Å²) in [5, 5.41) is 12.7. The van der Waals surface area contributed by atoms with Crippen molar-refractivity contribution >= 4 is 17.5 Å². The Labute approximate surface area is 137 Å². The van der Waals surface area contributed by atoms with Crippen LogP contribution < -0.4 is 10.2 Å². The number of rotatable bonds is 7. The fourth-order valence-electron chi connectivity index (χ4n) is 2.80. The lowest BCUT2D eigenvalue weighted by Gasteiger charge is -2.21. The Bertz CT molecular complexity index is 643. The minimum atomic E-state index is 0.203. The van der Waals surface area contributed by atoms with E-state index in [-0.39, 0.29) is 6.61 Å². The molecule has 5 heteroatoms. The van der Waals surface area contributed by atoms with Gasteiger partial charge < -0.3 is 15.3 Å². The number of aromatic nitrogens is 2. The maximum atomic E-state index is 9.26. The lowest BCUT2D eigenvalue weighted by Crippen LogP contribution is -2.24. The van der Waals surface area contributed by atoms with Gasteiger partial charge in [0.2, 0.25) is 5.95 Å². The lowest BCUT2D eigenvalue weighted by molar-refractivity contribution is 0.274. The molecule has 1 aliphatic rings. The van der Waals surface area contributed by atoms with Gasteiger partial charge in [0.1, 0.15) is 5.82 Å². The summed E-state index contributed by atoms with van der Waals surface area (Å²) in [6.07, 6.45) is 3.23. The van der Waals surface area contributed by atoms with E-state index >= 15 is 0 Å². The standard InChI is InChI=1S/C18H24N4O/c1-13-12-17(20-16(10-11-23)14-8-9-14)21-18(19-13)22(2)15-6-4-3-5-7-15/h3-7,12,14,16,23H,8-11H2,1-2H3,(H,19,20,21). The van der Waals surface area contributed by atoms with E-state index in [1.807, 2.05) is 55.3 Å². The van der Waals surface area contributed by atoms with Gasteiger partial charge in [0.15, 0.2) is 0 Å². The molecule has 1 unspecified atom stereocenters. The molecule has 1 aliphatic carbocycles. The summed E-state index contributed by atoms with van der Waals surface area (Å²) in [7, 11) is 1.97. The molecule has 0 amide bonds. The quantitative estimate of drug-likeness (QED) is 0.822. The molecule has 0 bridgehead atoms. The molecule has 2 N–H and O–H groups in total. The van der Waals surface area contributed by atoms with Crippen LogP contribution in [0.1, 0.15) is 25.0 Å². The van der Waals surface area contributed by atoms with E-state index in [4.69, 9.17) is 0 Å². The number of aryl methyl sites for hydroxylation is 1. The van der Waals surface area contributed by atoms with Crippen LogP contribution in [0, 0.1) is 12.8 Å². The van der Waals surface area contributed by atoms with Gasteiger partial charge in [-0.05, 0) is 44.2 Å². The van der Waals surface area contributed by atoms with E-state index < -0.39 is 0 Å². The van der Waals surface area contributed by atoms with Gasteiger partial charge in [0.05, 0.1) is 0 Å². The van der Waals surface area contributed by atoms with Crippen molar-refractivity contribution in [3.63, 3.8) is 0 Å². The topological polar surface area (TPSA) is 61.3 Å². The fraction of sp³-hybridized carbons (Fsp3) is 0.444. The number of hydrogen-bond donors (Lipinski definition) is 2. The van der Waals surface area contributed by atoms with Crippen LogP contribution >= 0.6 is 0 Å². The van der Waals surface area contributed by atoms with Crippen LogP contribution in [0.25, 0.3) is 0 Å². The maximum Gasteiger partial charge on any atom is 0.231 e. The van der Waals surface area contributed by atoms with Crippen LogP contribution in [-0.4, -0.2) is 34.8 Å². The van der Waals surface area contributed by atoms with Gasteiger partial charge in [0.25, 0.3) is 0 Å². The average molecular weight is 312 g/mol. The van der Waals surface area contributed by atoms with E-state index in [1.54, 1.807) is 0 Å². The number of nitrogens with zero attached hydrogens (tertiary/aromatic N) is 3. The van der Waals surface area contributed by atoms with Crippen molar-refractivity contribution in [2.75, 3.05) is 23.9 Å². The van der Waals surface area contributed by atoms with Crippen molar-refractivity contribution in [1.82, 2.24) is 9.97 Å². The molecule has 1 saturated carbocycles. The third-order valence-electron chi connectivity index (χ3n) is 4.25. The highest BCUT2D eigenvalue weighted by Crippen LogP contribution is 2.35. The second-order valence-corrected chi connectivity index (χ2v) is 6.19. The molecule has 122 valence electrons. The Morgan fingerprint density at radius 1 is 1.26 bits per heavy atom. The zero-order chi connectivity index (χ0) is 16.2. The number of nitrogens with one attached hydrogen (secondary N) is 1. The normalized spacial score (nSPS) is 15.3. The van der Waals surface area contributed by atoms with E-state index in [0.29, 0.717) is 17.9 Å². The van der Waals surface area contributed by atoms with Crippen molar-refractivity contribution in [1.29, 1.82) is 0 Å². The first-order valence-corrected chi connectivity index (χ1v) is 8.19. The Morgan fingerprint density at radius 2 is 2.00 bits per heavy atom. The zero-order valence-corrected chi connectivity index (χ0v) is 13.7. The number of anilines is 3. The molecule has 1 aromatic heterocycles. The second kappa shape index (κ2) is 6.96. The van der Waals surface area contributed by atoms with Gasteiger partial charge in [-0.2, -0.15) is 4.98 Å². The number of aliphatic hydroxyl groups is 1. The highest BCUT2D eigenvalue weighted by Gasteiger charge is 2.31. The number of benzene rings is 1. The SMILES string of the molecule is Cc1cc(NC(CCO)C2CC2)nc(N(C)c2ccccc2)n1. The van der Waals surface area contributed by atoms with Crippen LogP contribution in [0.5, 0.6) is 0 Å². The molecule has 1 heterocycles. The Hall–Kier alpha value is -2.14. The largest absolute Gasteiger partial charge is 0.396 e. The van der Waals surface area contributed by atoms with Crippen LogP contribution in [0.15, 0.2) is 36.4 Å². The van der Waals surface area contributed by atoms with E-state index in [2.05, 4.69) is 15.3 Å². The third-order valence-corrected chi connectivity index (χ3v) is 4.25. The molecule has 5 nitrogen and oxygen atoms in total. The predicted molar refractivity (Wildman–Crippen MR) is 93.1 cm³/mol. The maximum absolute atomic E-state index is 9.26. The molecule has 0 radical (unpaired) electrons. The van der Waals surface area contributed by atoms with Crippen LogP contribution in [0.2, 0.25) is 0 Å². The van der Waals surface area contributed by atoms with Crippen molar-refractivity contribution in [2.45, 2.75) is 32.2 Å². The van der Waals surface area contributed by atoms with Gasteiger partial charge in [-0.15, -0.1) is 0 Å². The summed E-state index contributed by atoms with van der Waals surface area (Å²) < 4.78 is 0. The second-order valence-electron chi connectivity index (χ2n) is 6.19. The molecule has 1 aromatic carbocycles. The minimum absolute atomic E-state index is 0.203. The number of aliphatic hydroxyl groups excluding tert-OH is 1. The molecule has 1 fully saturated rings. The summed E-state index contributed by atoms with van der Waals surface area (Å²) >= 11 is 0. The monoisotopic (exact) mass is 312 g/mol. The van der Waals surface area contributed by atoms with Gasteiger partial charge in [-0.25, -0.2) is 4.98 Å². The van der Waals surface area contributed by atoms with Crippen LogP contribution in [0.3, 0.4) is 0 Å². The van der Waals surface area contributed by atoms with E-state index in [9.17, 15) is 5.11 Å². The Balaban J connectivity index is 1.81. The van der Waals surface area contributed by atoms with Crippen LogP contribution in [-0.2, 0) is 0 Å². The molecule has 1 atom stereocenters. The summed E-state index contributed by atoms with van der Waals surface area (Å²) in [5.41, 5.74) is 1.98. The first kappa shape index (κ1) is 15.7. The first-order chi connectivity index (χ1) is 11.2. The van der Waals surface area contributed by atoms with Gasteiger partial charge in [-0.1, -0.05) is 18.2 Å². The van der Waals surface area contributed by atoms with Crippen molar-refractivity contribution < 1.29 is 5.11 Å². The fourth-order valence-corrected chi connectivity index (χ4v) is 2.80. The van der Waals surface area contributed by atoms with Gasteiger partial charge in [-0.3, -0.25) is 0 Å². The van der Waals surface area contributed by atoms with Crippen molar-refractivity contribution in [3.05, 3.63) is 42.1 Å². The first-order valence-electron chi connectivity index (χ1n) is 8.19. The molecule has 23 heavy (non-hydrogen) atoms. The summed E-state index contributed by atoms with van der Waals surface area (Å²) in [5.74, 6) is 2.17. The highest BCUT2D eigenvalue weighted by atomic mass is 16.3. The van der Waals surface area contributed by atoms with Gasteiger partial charge in [0, 0.05) is 37.1 Å². The molecular formula is C18H24N4O. The highest BCUT2D eigenvalue weighted by molar-refractivity contribution is 5.57. The predicted octanol–water partition coefficient (Wildman–Crippen LogP) is 3.13. The Morgan fingerprint density at radius 3 is 2.65 bits per heavy atom. The van der Waals surface area contributed by atoms with Crippen molar-refractivity contribution in [2.24, 2.45) is 5.92 Å². The number of para-hydroxylation sites is 1. The Kier molecular flexibility index (Phi) is 4.76. The minimum Gasteiger partial charge on any atom is -0.396 e. The average Bonchev–Trinajstić information content (AvgIpc) is 3.39.